The van der Waals surface area contributed by atoms with Gasteiger partial charge >= 0.3 is 5.97 Å². The fraction of sp³-hybridized carbons (Fsp3) is 0.500. The number of anilines is 1. The average molecular weight is 271 g/mol. The fourth-order valence-corrected chi connectivity index (χ4v) is 2.20. The van der Waals surface area contributed by atoms with Crippen LogP contribution in [0.3, 0.4) is 0 Å². The number of halogens is 1. The molecule has 98 valence electrons. The summed E-state index contributed by atoms with van der Waals surface area (Å²) in [5.41, 5.74) is -0.163. The van der Waals surface area contributed by atoms with Gasteiger partial charge in [0.25, 0.3) is 0 Å². The number of pyridine rings is 1. The van der Waals surface area contributed by atoms with Gasteiger partial charge in [0, 0.05) is 12.8 Å². The van der Waals surface area contributed by atoms with E-state index in [-0.39, 0.29) is 16.1 Å². The molecule has 0 radical (unpaired) electrons. The molecule has 1 saturated heterocycles. The topological polar surface area (TPSA) is 71.5 Å². The standard InChI is InChI=1S/C12H15ClN2O3/c1-12(3-2-4-18-7-12)15-10-5-8(11(16)17)9(13)6-14-10/h5-6H,2-4,7H2,1H3,(H,14,15)(H,16,17). The lowest BCUT2D eigenvalue weighted by molar-refractivity contribution is 0.0539. The van der Waals surface area contributed by atoms with Gasteiger partial charge in [0.1, 0.15) is 5.82 Å². The summed E-state index contributed by atoms with van der Waals surface area (Å²) in [6, 6.07) is 1.45. The Hall–Kier alpha value is -1.33. The van der Waals surface area contributed by atoms with Gasteiger partial charge in [-0.05, 0) is 25.8 Å². The van der Waals surface area contributed by atoms with Crippen LogP contribution in [-0.4, -0.2) is 34.8 Å². The highest BCUT2D eigenvalue weighted by Gasteiger charge is 2.28. The first kappa shape index (κ1) is 13.1. The van der Waals surface area contributed by atoms with Crippen LogP contribution in [0.25, 0.3) is 0 Å². The molecule has 6 heteroatoms. The van der Waals surface area contributed by atoms with E-state index in [0.717, 1.165) is 19.4 Å². The minimum Gasteiger partial charge on any atom is -0.478 e. The van der Waals surface area contributed by atoms with Crippen molar-refractivity contribution in [2.75, 3.05) is 18.5 Å². The normalized spacial score (nSPS) is 23.7. The van der Waals surface area contributed by atoms with Gasteiger partial charge in [0.05, 0.1) is 22.7 Å². The van der Waals surface area contributed by atoms with Crippen molar-refractivity contribution in [2.24, 2.45) is 0 Å². The predicted molar refractivity (Wildman–Crippen MR) is 68.3 cm³/mol. The third-order valence-corrected chi connectivity index (χ3v) is 3.25. The largest absolute Gasteiger partial charge is 0.478 e. The molecule has 0 amide bonds. The number of nitrogens with one attached hydrogen (secondary N) is 1. The summed E-state index contributed by atoms with van der Waals surface area (Å²) < 4.78 is 5.43. The summed E-state index contributed by atoms with van der Waals surface area (Å²) in [7, 11) is 0. The zero-order valence-corrected chi connectivity index (χ0v) is 10.8. The van der Waals surface area contributed by atoms with Crippen LogP contribution in [0, 0.1) is 0 Å². The molecule has 1 atom stereocenters. The minimum atomic E-state index is -1.06. The summed E-state index contributed by atoms with van der Waals surface area (Å²) in [5.74, 6) is -0.555. The number of hydrogen-bond acceptors (Lipinski definition) is 4. The number of rotatable bonds is 3. The zero-order chi connectivity index (χ0) is 13.2. The molecule has 5 nitrogen and oxygen atoms in total. The molecule has 0 spiro atoms. The Bertz CT molecular complexity index is 459. The number of carboxylic acids is 1. The number of aromatic carboxylic acids is 1. The van der Waals surface area contributed by atoms with Gasteiger partial charge in [0.2, 0.25) is 0 Å². The molecule has 0 aromatic carbocycles. The van der Waals surface area contributed by atoms with Gasteiger partial charge in [-0.2, -0.15) is 0 Å². The molecule has 1 aromatic heterocycles. The molecule has 1 aliphatic heterocycles. The average Bonchev–Trinajstić information content (AvgIpc) is 2.32. The molecule has 0 bridgehead atoms. The maximum Gasteiger partial charge on any atom is 0.337 e. The third kappa shape index (κ3) is 2.91. The van der Waals surface area contributed by atoms with Crippen molar-refractivity contribution in [3.8, 4) is 0 Å². The van der Waals surface area contributed by atoms with Crippen molar-refractivity contribution >= 4 is 23.4 Å². The zero-order valence-electron chi connectivity index (χ0n) is 10.1. The molecule has 1 fully saturated rings. The van der Waals surface area contributed by atoms with Crippen LogP contribution in [0.1, 0.15) is 30.1 Å². The van der Waals surface area contributed by atoms with Crippen molar-refractivity contribution in [1.29, 1.82) is 0 Å². The van der Waals surface area contributed by atoms with Crippen molar-refractivity contribution in [2.45, 2.75) is 25.3 Å². The second kappa shape index (κ2) is 5.12. The second-order valence-corrected chi connectivity index (χ2v) is 5.10. The van der Waals surface area contributed by atoms with E-state index in [0.29, 0.717) is 12.4 Å². The number of hydrogen-bond donors (Lipinski definition) is 2. The van der Waals surface area contributed by atoms with Crippen LogP contribution in [0.2, 0.25) is 5.02 Å². The number of aromatic nitrogens is 1. The lowest BCUT2D eigenvalue weighted by atomic mass is 9.95. The SMILES string of the molecule is CC1(Nc2cc(C(=O)O)c(Cl)cn2)CCCOC1. The summed E-state index contributed by atoms with van der Waals surface area (Å²) in [6.45, 7) is 3.38. The minimum absolute atomic E-state index is 0.0505. The number of ether oxygens (including phenoxy) is 1. The van der Waals surface area contributed by atoms with E-state index in [4.69, 9.17) is 21.4 Å². The number of nitrogens with zero attached hydrogens (tertiary/aromatic N) is 1. The summed E-state index contributed by atoms with van der Waals surface area (Å²) in [5, 5.41) is 12.4. The van der Waals surface area contributed by atoms with E-state index in [1.165, 1.54) is 12.3 Å². The number of carboxylic acid groups (broad SMARTS) is 1. The second-order valence-electron chi connectivity index (χ2n) is 4.70. The molecule has 2 heterocycles. The van der Waals surface area contributed by atoms with Crippen molar-refractivity contribution in [1.82, 2.24) is 4.98 Å². The van der Waals surface area contributed by atoms with E-state index < -0.39 is 5.97 Å². The maximum absolute atomic E-state index is 11.0. The molecule has 2 rings (SSSR count). The maximum atomic E-state index is 11.0. The van der Waals surface area contributed by atoms with Gasteiger partial charge in [-0.15, -0.1) is 0 Å². The van der Waals surface area contributed by atoms with Crippen molar-refractivity contribution < 1.29 is 14.6 Å². The molecule has 1 aromatic rings. The molecule has 0 saturated carbocycles. The van der Waals surface area contributed by atoms with Gasteiger partial charge in [-0.1, -0.05) is 11.6 Å². The summed E-state index contributed by atoms with van der Waals surface area (Å²) >= 11 is 5.77. The predicted octanol–water partition coefficient (Wildman–Crippen LogP) is 2.41. The first-order valence-corrected chi connectivity index (χ1v) is 6.13. The molecular weight excluding hydrogens is 256 g/mol. The van der Waals surface area contributed by atoms with E-state index >= 15 is 0 Å². The van der Waals surface area contributed by atoms with Crippen LogP contribution in [0.5, 0.6) is 0 Å². The van der Waals surface area contributed by atoms with Crippen LogP contribution in [-0.2, 0) is 4.74 Å². The van der Waals surface area contributed by atoms with Crippen LogP contribution in [0.4, 0.5) is 5.82 Å². The van der Waals surface area contributed by atoms with E-state index in [9.17, 15) is 4.79 Å². The Labute approximate surface area is 110 Å². The molecular formula is C12H15ClN2O3. The Balaban J connectivity index is 2.18. The highest BCUT2D eigenvalue weighted by atomic mass is 35.5. The highest BCUT2D eigenvalue weighted by Crippen LogP contribution is 2.25. The molecule has 1 aliphatic rings. The Morgan fingerprint density at radius 3 is 3.06 bits per heavy atom. The molecule has 18 heavy (non-hydrogen) atoms. The van der Waals surface area contributed by atoms with Gasteiger partial charge in [0.15, 0.2) is 0 Å². The quantitative estimate of drug-likeness (QED) is 0.883. The molecule has 1 unspecified atom stereocenters. The van der Waals surface area contributed by atoms with Crippen LogP contribution >= 0.6 is 11.6 Å². The van der Waals surface area contributed by atoms with Gasteiger partial charge < -0.3 is 15.2 Å². The van der Waals surface area contributed by atoms with Gasteiger partial charge in [-0.3, -0.25) is 0 Å². The van der Waals surface area contributed by atoms with Crippen molar-refractivity contribution in [3.05, 3.63) is 22.8 Å². The Morgan fingerprint density at radius 1 is 1.67 bits per heavy atom. The Morgan fingerprint density at radius 2 is 2.44 bits per heavy atom. The smallest absolute Gasteiger partial charge is 0.337 e. The summed E-state index contributed by atoms with van der Waals surface area (Å²) in [6.07, 6.45) is 3.28. The van der Waals surface area contributed by atoms with E-state index in [1.54, 1.807) is 0 Å². The van der Waals surface area contributed by atoms with E-state index in [1.807, 2.05) is 6.92 Å². The fourth-order valence-electron chi connectivity index (χ4n) is 2.01. The monoisotopic (exact) mass is 270 g/mol. The third-order valence-electron chi connectivity index (χ3n) is 2.95. The highest BCUT2D eigenvalue weighted by molar-refractivity contribution is 6.33. The Kier molecular flexibility index (Phi) is 3.73. The lowest BCUT2D eigenvalue weighted by Gasteiger charge is -2.34. The first-order valence-electron chi connectivity index (χ1n) is 5.75. The molecule has 2 N–H and O–H groups in total. The summed E-state index contributed by atoms with van der Waals surface area (Å²) in [4.78, 5) is 15.1. The number of carbonyl (C=O) groups is 1. The van der Waals surface area contributed by atoms with Crippen LogP contribution in [0.15, 0.2) is 12.3 Å². The van der Waals surface area contributed by atoms with Crippen LogP contribution < -0.4 is 5.32 Å². The lowest BCUT2D eigenvalue weighted by Crippen LogP contribution is -2.43. The van der Waals surface area contributed by atoms with Crippen molar-refractivity contribution in [3.63, 3.8) is 0 Å². The first-order chi connectivity index (χ1) is 8.50. The van der Waals surface area contributed by atoms with Gasteiger partial charge in [-0.25, -0.2) is 9.78 Å². The molecule has 0 aliphatic carbocycles. The van der Waals surface area contributed by atoms with E-state index in [2.05, 4.69) is 10.3 Å².